The Balaban J connectivity index is 1.65. The van der Waals surface area contributed by atoms with Gasteiger partial charge in [-0.1, -0.05) is 55.0 Å². The van der Waals surface area contributed by atoms with Gasteiger partial charge in [-0.25, -0.2) is 4.39 Å². The maximum atomic E-state index is 14.1. The van der Waals surface area contributed by atoms with E-state index in [1.807, 2.05) is 24.3 Å². The van der Waals surface area contributed by atoms with Gasteiger partial charge in [0.2, 0.25) is 5.91 Å². The Kier molecular flexibility index (Phi) is 5.47. The van der Waals surface area contributed by atoms with Crippen LogP contribution in [0.15, 0.2) is 71.4 Å². The topological polar surface area (TPSA) is 64.7 Å². The van der Waals surface area contributed by atoms with Gasteiger partial charge < -0.3 is 10.5 Å². The second-order valence-electron chi connectivity index (χ2n) is 7.82. The highest BCUT2D eigenvalue weighted by atomic mass is 19.1. The van der Waals surface area contributed by atoms with Crippen LogP contribution >= 0.6 is 0 Å². The molecule has 0 bridgehead atoms. The summed E-state index contributed by atoms with van der Waals surface area (Å²) in [7, 11) is 0. The molecular weight excluding hydrogens is 367 g/mol. The van der Waals surface area contributed by atoms with Crippen LogP contribution in [0.2, 0.25) is 0 Å². The molecular formula is C24H25FN2O2. The van der Waals surface area contributed by atoms with Crippen LogP contribution in [0.1, 0.15) is 30.4 Å². The average molecular weight is 392 g/mol. The summed E-state index contributed by atoms with van der Waals surface area (Å²) in [6.45, 7) is 0.117. The molecule has 2 N–H and O–H groups in total. The first kappa shape index (κ1) is 19.4. The fourth-order valence-electron chi connectivity index (χ4n) is 4.71. The van der Waals surface area contributed by atoms with Crippen LogP contribution in [0.3, 0.4) is 0 Å². The molecule has 2 aromatic rings. The van der Waals surface area contributed by atoms with Gasteiger partial charge in [-0.3, -0.25) is 9.79 Å². The van der Waals surface area contributed by atoms with Crippen molar-refractivity contribution in [3.8, 4) is 0 Å². The van der Waals surface area contributed by atoms with Gasteiger partial charge in [-0.2, -0.15) is 0 Å². The number of halogens is 1. The van der Waals surface area contributed by atoms with Crippen LogP contribution in [-0.2, 0) is 22.6 Å². The van der Waals surface area contributed by atoms with E-state index in [9.17, 15) is 9.18 Å². The molecule has 3 unspecified atom stereocenters. The van der Waals surface area contributed by atoms with E-state index in [2.05, 4.69) is 12.1 Å². The van der Waals surface area contributed by atoms with E-state index in [1.54, 1.807) is 24.4 Å². The second kappa shape index (κ2) is 8.19. The van der Waals surface area contributed by atoms with Crippen molar-refractivity contribution in [2.75, 3.05) is 0 Å². The van der Waals surface area contributed by atoms with E-state index >= 15 is 0 Å². The number of hydrogen-bond donors (Lipinski definition) is 1. The van der Waals surface area contributed by atoms with Crippen molar-refractivity contribution in [1.82, 2.24) is 0 Å². The first-order chi connectivity index (χ1) is 14.1. The van der Waals surface area contributed by atoms with E-state index in [1.165, 1.54) is 6.07 Å². The van der Waals surface area contributed by atoms with E-state index in [0.717, 1.165) is 24.8 Å². The number of carbonyl (C=O) groups excluding carboxylic acids is 1. The van der Waals surface area contributed by atoms with Crippen LogP contribution in [0.4, 0.5) is 4.39 Å². The first-order valence-electron chi connectivity index (χ1n) is 10.1. The molecule has 150 valence electrons. The summed E-state index contributed by atoms with van der Waals surface area (Å²) in [5.41, 5.74) is 6.65. The molecule has 2 aromatic carbocycles. The Bertz CT molecular complexity index is 941. The number of hydrogen-bond acceptors (Lipinski definition) is 3. The maximum absolute atomic E-state index is 14.1. The van der Waals surface area contributed by atoms with Crippen molar-refractivity contribution >= 4 is 12.1 Å². The molecule has 1 aliphatic heterocycles. The van der Waals surface area contributed by atoms with Crippen LogP contribution < -0.4 is 5.73 Å². The van der Waals surface area contributed by atoms with Crippen molar-refractivity contribution in [3.05, 3.63) is 83.4 Å². The zero-order valence-corrected chi connectivity index (χ0v) is 16.3. The third-order valence-corrected chi connectivity index (χ3v) is 6.11. The molecule has 0 saturated heterocycles. The van der Waals surface area contributed by atoms with E-state index in [0.29, 0.717) is 17.7 Å². The van der Waals surface area contributed by atoms with Crippen molar-refractivity contribution in [2.45, 2.75) is 37.8 Å². The molecule has 4 nitrogen and oxygen atoms in total. The fourth-order valence-corrected chi connectivity index (χ4v) is 4.71. The quantitative estimate of drug-likeness (QED) is 0.768. The number of ether oxygens (including phenoxy) is 1. The van der Waals surface area contributed by atoms with Crippen molar-refractivity contribution < 1.29 is 13.9 Å². The second-order valence-corrected chi connectivity index (χ2v) is 7.82. The van der Waals surface area contributed by atoms with Gasteiger partial charge in [0.15, 0.2) is 0 Å². The van der Waals surface area contributed by atoms with Crippen molar-refractivity contribution in [2.24, 2.45) is 22.6 Å². The predicted molar refractivity (Wildman–Crippen MR) is 111 cm³/mol. The highest BCUT2D eigenvalue weighted by molar-refractivity contribution is 5.80. The van der Waals surface area contributed by atoms with Gasteiger partial charge >= 0.3 is 0 Å². The van der Waals surface area contributed by atoms with Gasteiger partial charge in [-0.05, 0) is 30.5 Å². The summed E-state index contributed by atoms with van der Waals surface area (Å²) in [5.74, 6) is -0.171. The van der Waals surface area contributed by atoms with E-state index in [4.69, 9.17) is 15.5 Å². The minimum atomic E-state index is -0.692. The number of amides is 1. The molecule has 4 rings (SSSR count). The standard InChI is InChI=1S/C24H25FN2O2/c25-21-12-5-4-9-18(21)16-29-22-13-14-27-24(22,15-17-7-2-1-3-8-17)20-11-6-10-19(20)23(26)28/h1-5,7-9,12-14,19-20H,6,10-11,15-16H2,(H2,26,28). The molecule has 0 spiro atoms. The smallest absolute Gasteiger partial charge is 0.220 e. The summed E-state index contributed by atoms with van der Waals surface area (Å²) >= 11 is 0. The monoisotopic (exact) mass is 392 g/mol. The van der Waals surface area contributed by atoms with Crippen molar-refractivity contribution in [1.29, 1.82) is 0 Å². The summed E-state index contributed by atoms with van der Waals surface area (Å²) < 4.78 is 20.2. The number of benzene rings is 2. The summed E-state index contributed by atoms with van der Waals surface area (Å²) in [6.07, 6.45) is 6.77. The molecule has 3 atom stereocenters. The Morgan fingerprint density at radius 2 is 1.90 bits per heavy atom. The molecule has 1 amide bonds. The Labute approximate surface area is 170 Å². The number of primary amides is 1. The minimum absolute atomic E-state index is 0.0363. The zero-order valence-electron chi connectivity index (χ0n) is 16.3. The molecule has 1 saturated carbocycles. The average Bonchev–Trinajstić information content (AvgIpc) is 3.36. The lowest BCUT2D eigenvalue weighted by molar-refractivity contribution is -0.123. The third-order valence-electron chi connectivity index (χ3n) is 6.11. The van der Waals surface area contributed by atoms with Crippen LogP contribution in [0.25, 0.3) is 0 Å². The summed E-state index contributed by atoms with van der Waals surface area (Å²) in [4.78, 5) is 17.0. The fraction of sp³-hybridized carbons (Fsp3) is 0.333. The lowest BCUT2D eigenvalue weighted by Crippen LogP contribution is -2.45. The summed E-state index contributed by atoms with van der Waals surface area (Å²) in [5, 5.41) is 0. The molecule has 0 aromatic heterocycles. The zero-order chi connectivity index (χ0) is 20.3. The SMILES string of the molecule is NC(=O)C1CCCC1C1(Cc2ccccc2)N=CC=C1OCc1ccccc1F. The predicted octanol–water partition coefficient (Wildman–Crippen LogP) is 4.19. The van der Waals surface area contributed by atoms with Crippen LogP contribution in [-0.4, -0.2) is 17.7 Å². The minimum Gasteiger partial charge on any atom is -0.490 e. The molecule has 0 radical (unpaired) electrons. The lowest BCUT2D eigenvalue weighted by atomic mass is 9.73. The maximum Gasteiger partial charge on any atom is 0.220 e. The molecule has 5 heteroatoms. The normalized spacial score (nSPS) is 25.8. The highest BCUT2D eigenvalue weighted by Crippen LogP contribution is 2.48. The van der Waals surface area contributed by atoms with Gasteiger partial charge in [0.1, 0.15) is 23.7 Å². The van der Waals surface area contributed by atoms with Gasteiger partial charge in [0.25, 0.3) is 0 Å². The number of allylic oxidation sites excluding steroid dienone is 1. The lowest BCUT2D eigenvalue weighted by Gasteiger charge is -2.37. The molecule has 1 heterocycles. The summed E-state index contributed by atoms with van der Waals surface area (Å²) in [6, 6.07) is 16.7. The number of nitrogens with zero attached hydrogens (tertiary/aromatic N) is 1. The number of nitrogens with two attached hydrogens (primary N) is 1. The molecule has 29 heavy (non-hydrogen) atoms. The van der Waals surface area contributed by atoms with Crippen LogP contribution in [0, 0.1) is 17.7 Å². The highest BCUT2D eigenvalue weighted by Gasteiger charge is 2.51. The molecule has 1 aliphatic carbocycles. The van der Waals surface area contributed by atoms with Crippen molar-refractivity contribution in [3.63, 3.8) is 0 Å². The Morgan fingerprint density at radius 3 is 2.66 bits per heavy atom. The van der Waals surface area contributed by atoms with E-state index < -0.39 is 5.54 Å². The molecule has 2 aliphatic rings. The Hall–Kier alpha value is -2.95. The number of rotatable bonds is 7. The van der Waals surface area contributed by atoms with Gasteiger partial charge in [0.05, 0.1) is 0 Å². The Morgan fingerprint density at radius 1 is 1.14 bits per heavy atom. The third kappa shape index (κ3) is 3.82. The number of carbonyl (C=O) groups is 1. The number of aliphatic imine (C=N–C) groups is 1. The largest absolute Gasteiger partial charge is 0.490 e. The van der Waals surface area contributed by atoms with E-state index in [-0.39, 0.29) is 30.2 Å². The van der Waals surface area contributed by atoms with Crippen LogP contribution in [0.5, 0.6) is 0 Å². The van der Waals surface area contributed by atoms with Gasteiger partial charge in [0, 0.05) is 30.0 Å². The van der Waals surface area contributed by atoms with Gasteiger partial charge in [-0.15, -0.1) is 0 Å². The molecule has 1 fully saturated rings. The first-order valence-corrected chi connectivity index (χ1v) is 10.1.